The van der Waals surface area contributed by atoms with Gasteiger partial charge in [-0.15, -0.1) is 0 Å². The zero-order valence-electron chi connectivity index (χ0n) is 16.7. The number of nitrogens with one attached hydrogen (secondary N) is 1. The van der Waals surface area contributed by atoms with Gasteiger partial charge in [-0.3, -0.25) is 18.8 Å². The number of hydrogen-bond acceptors (Lipinski definition) is 4. The van der Waals surface area contributed by atoms with Crippen LogP contribution in [0, 0.1) is 23.4 Å². The first-order valence-corrected chi connectivity index (χ1v) is 9.97. The summed E-state index contributed by atoms with van der Waals surface area (Å²) in [6.07, 6.45) is 2.10. The smallest absolute Gasteiger partial charge is 0.274 e. The van der Waals surface area contributed by atoms with Crippen molar-refractivity contribution >= 4 is 11.8 Å². The van der Waals surface area contributed by atoms with Gasteiger partial charge >= 0.3 is 0 Å². The number of aromatic nitrogens is 1. The summed E-state index contributed by atoms with van der Waals surface area (Å²) < 4.78 is 55.6. The largest absolute Gasteiger partial charge is 0.503 e. The van der Waals surface area contributed by atoms with Gasteiger partial charge < -0.3 is 19.9 Å². The second-order valence-electron chi connectivity index (χ2n) is 7.88. The first-order chi connectivity index (χ1) is 15.2. The minimum absolute atomic E-state index is 0.162. The van der Waals surface area contributed by atoms with Gasteiger partial charge in [0.25, 0.3) is 11.8 Å². The fourth-order valence-corrected chi connectivity index (χ4v) is 4.29. The van der Waals surface area contributed by atoms with Crippen LogP contribution < -0.4 is 10.7 Å². The van der Waals surface area contributed by atoms with E-state index in [1.54, 1.807) is 0 Å². The Morgan fingerprint density at radius 1 is 1.19 bits per heavy atom. The molecule has 2 aromatic rings. The number of nitrogens with zero attached hydrogens (tertiary/aromatic N) is 2. The SMILES string of the molecule is O=C(NCc1c(F)cc(F)cc1F)c1cn2c(c(O)c1=O)C(=O)N1CCC[C@@H](CF)C2C1. The molecule has 2 amide bonds. The number of pyridine rings is 1. The van der Waals surface area contributed by atoms with Crippen LogP contribution in [0.15, 0.2) is 23.1 Å². The average molecular weight is 453 g/mol. The summed E-state index contributed by atoms with van der Waals surface area (Å²) in [4.78, 5) is 39.4. The van der Waals surface area contributed by atoms with E-state index in [1.165, 1.54) is 9.47 Å². The van der Waals surface area contributed by atoms with Gasteiger partial charge in [0.05, 0.1) is 12.7 Å². The monoisotopic (exact) mass is 453 g/mol. The lowest BCUT2D eigenvalue weighted by atomic mass is 9.95. The van der Waals surface area contributed by atoms with E-state index in [-0.39, 0.29) is 12.2 Å². The first-order valence-electron chi connectivity index (χ1n) is 9.97. The van der Waals surface area contributed by atoms with Crippen LogP contribution >= 0.6 is 0 Å². The van der Waals surface area contributed by atoms with Crippen molar-refractivity contribution in [2.45, 2.75) is 25.4 Å². The summed E-state index contributed by atoms with van der Waals surface area (Å²) in [5.41, 5.74) is -2.65. The Labute approximate surface area is 179 Å². The van der Waals surface area contributed by atoms with Gasteiger partial charge in [0.1, 0.15) is 23.0 Å². The second kappa shape index (κ2) is 8.29. The highest BCUT2D eigenvalue weighted by atomic mass is 19.1. The van der Waals surface area contributed by atoms with Crippen molar-refractivity contribution in [3.8, 4) is 5.75 Å². The van der Waals surface area contributed by atoms with Gasteiger partial charge in [0, 0.05) is 49.4 Å². The minimum atomic E-state index is -1.22. The molecule has 0 saturated carbocycles. The van der Waals surface area contributed by atoms with Crippen molar-refractivity contribution in [1.29, 1.82) is 0 Å². The van der Waals surface area contributed by atoms with Crippen molar-refractivity contribution in [1.82, 2.24) is 14.8 Å². The summed E-state index contributed by atoms with van der Waals surface area (Å²) in [6.45, 7) is -0.863. The molecule has 1 saturated heterocycles. The Hall–Kier alpha value is -3.37. The maximum Gasteiger partial charge on any atom is 0.274 e. The molecule has 1 fully saturated rings. The Kier molecular flexibility index (Phi) is 5.66. The first kappa shape index (κ1) is 21.8. The molecule has 3 heterocycles. The predicted octanol–water partition coefficient (Wildman–Crippen LogP) is 2.28. The average Bonchev–Trinajstić information content (AvgIpc) is 2.93. The van der Waals surface area contributed by atoms with E-state index in [9.17, 15) is 37.1 Å². The number of amides is 2. The molecule has 0 spiro atoms. The van der Waals surface area contributed by atoms with Crippen LogP contribution in [0.3, 0.4) is 0 Å². The molecule has 2 N–H and O–H groups in total. The maximum atomic E-state index is 13.8. The van der Waals surface area contributed by atoms with Gasteiger partial charge in [-0.05, 0) is 12.8 Å². The van der Waals surface area contributed by atoms with E-state index in [0.29, 0.717) is 31.5 Å². The van der Waals surface area contributed by atoms with Crippen LogP contribution in [0.4, 0.5) is 17.6 Å². The Morgan fingerprint density at radius 3 is 2.53 bits per heavy atom. The number of alkyl halides is 1. The summed E-state index contributed by atoms with van der Waals surface area (Å²) in [6, 6.07) is 0.301. The fourth-order valence-electron chi connectivity index (χ4n) is 4.29. The lowest BCUT2D eigenvalue weighted by Gasteiger charge is -2.36. The number of carbonyl (C=O) groups is 2. The molecular formula is C21H19F4N3O4. The molecule has 32 heavy (non-hydrogen) atoms. The molecular weight excluding hydrogens is 434 g/mol. The summed E-state index contributed by atoms with van der Waals surface area (Å²) >= 11 is 0. The number of rotatable bonds is 4. The summed E-state index contributed by atoms with van der Waals surface area (Å²) in [5.74, 6) is -6.67. The molecule has 1 aromatic heterocycles. The van der Waals surface area contributed by atoms with Crippen LogP contribution in [-0.4, -0.2) is 46.2 Å². The van der Waals surface area contributed by atoms with Crippen molar-refractivity contribution in [3.05, 3.63) is 62.8 Å². The van der Waals surface area contributed by atoms with Crippen molar-refractivity contribution < 1.29 is 32.3 Å². The van der Waals surface area contributed by atoms with E-state index in [2.05, 4.69) is 5.32 Å². The predicted molar refractivity (Wildman–Crippen MR) is 103 cm³/mol. The molecule has 0 aliphatic carbocycles. The number of halogens is 4. The minimum Gasteiger partial charge on any atom is -0.503 e. The fraction of sp³-hybridized carbons (Fsp3) is 0.381. The van der Waals surface area contributed by atoms with Crippen LogP contribution in [0.25, 0.3) is 0 Å². The van der Waals surface area contributed by atoms with Crippen LogP contribution in [0.5, 0.6) is 5.75 Å². The van der Waals surface area contributed by atoms with Crippen LogP contribution in [-0.2, 0) is 6.54 Å². The van der Waals surface area contributed by atoms with Gasteiger partial charge in [0.15, 0.2) is 11.4 Å². The molecule has 11 heteroatoms. The third kappa shape index (κ3) is 3.61. The van der Waals surface area contributed by atoms with E-state index in [0.717, 1.165) is 6.20 Å². The lowest BCUT2D eigenvalue weighted by molar-refractivity contribution is 0.0651. The number of carbonyl (C=O) groups excluding carboxylic acids is 2. The number of fused-ring (bicyclic) bond motifs is 4. The molecule has 2 aliphatic rings. The zero-order chi connectivity index (χ0) is 23.2. The normalized spacial score (nSPS) is 20.0. The molecule has 2 bridgehead atoms. The second-order valence-corrected chi connectivity index (χ2v) is 7.88. The molecule has 1 unspecified atom stereocenters. The highest BCUT2D eigenvalue weighted by molar-refractivity contribution is 5.99. The van der Waals surface area contributed by atoms with Gasteiger partial charge in [-0.25, -0.2) is 13.2 Å². The topological polar surface area (TPSA) is 91.6 Å². The molecule has 2 aliphatic heterocycles. The Bertz CT molecular complexity index is 1140. The van der Waals surface area contributed by atoms with Crippen LogP contribution in [0.1, 0.15) is 45.3 Å². The highest BCUT2D eigenvalue weighted by Gasteiger charge is 2.40. The zero-order valence-corrected chi connectivity index (χ0v) is 16.7. The summed E-state index contributed by atoms with van der Waals surface area (Å²) in [5, 5.41) is 12.6. The molecule has 170 valence electrons. The van der Waals surface area contributed by atoms with Crippen LogP contribution in [0.2, 0.25) is 0 Å². The Morgan fingerprint density at radius 2 is 1.88 bits per heavy atom. The number of hydrogen-bond donors (Lipinski definition) is 2. The third-order valence-corrected chi connectivity index (χ3v) is 5.99. The molecule has 7 nitrogen and oxygen atoms in total. The standard InChI is InChI=1S/C21H19F4N3O4/c22-6-10-2-1-3-27-9-16(10)28-8-13(18(29)19(30)17(28)21(27)32)20(31)26-7-12-14(24)4-11(23)5-15(12)25/h4-5,8,10,16,30H,1-3,6-7,9H2,(H,26,31)/t10-,16?/m0/s1. The third-order valence-electron chi connectivity index (χ3n) is 5.99. The maximum absolute atomic E-state index is 13.8. The van der Waals surface area contributed by atoms with Gasteiger partial charge in [0.2, 0.25) is 5.43 Å². The Balaban J connectivity index is 1.70. The van der Waals surface area contributed by atoms with E-state index in [1.807, 2.05) is 0 Å². The van der Waals surface area contributed by atoms with E-state index >= 15 is 0 Å². The molecule has 4 rings (SSSR count). The quantitative estimate of drug-likeness (QED) is 0.695. The van der Waals surface area contributed by atoms with E-state index in [4.69, 9.17) is 0 Å². The molecule has 1 aromatic carbocycles. The van der Waals surface area contributed by atoms with Crippen molar-refractivity contribution in [2.24, 2.45) is 5.92 Å². The number of aromatic hydroxyl groups is 1. The van der Waals surface area contributed by atoms with Gasteiger partial charge in [-0.1, -0.05) is 0 Å². The molecule has 2 atom stereocenters. The number of benzene rings is 1. The van der Waals surface area contributed by atoms with Crippen molar-refractivity contribution in [2.75, 3.05) is 19.8 Å². The lowest BCUT2D eigenvalue weighted by Crippen LogP contribution is -2.46. The highest BCUT2D eigenvalue weighted by Crippen LogP contribution is 2.35. The molecule has 0 radical (unpaired) electrons. The van der Waals surface area contributed by atoms with E-state index < -0.39 is 76.8 Å². The summed E-state index contributed by atoms with van der Waals surface area (Å²) in [7, 11) is 0. The van der Waals surface area contributed by atoms with Crippen molar-refractivity contribution in [3.63, 3.8) is 0 Å². The van der Waals surface area contributed by atoms with Gasteiger partial charge in [-0.2, -0.15) is 0 Å².